The number of carbonyl (C=O) groups is 3. The number of ketones is 1. The molecule has 0 bridgehead atoms. The Morgan fingerprint density at radius 2 is 2.00 bits per heavy atom. The molecule has 1 fully saturated rings. The van der Waals surface area contributed by atoms with Crippen LogP contribution in [0.15, 0.2) is 30.3 Å². The van der Waals surface area contributed by atoms with E-state index in [1.54, 1.807) is 0 Å². The Balaban J connectivity index is 1.91. The summed E-state index contributed by atoms with van der Waals surface area (Å²) in [6.45, 7) is 0.0594. The van der Waals surface area contributed by atoms with Crippen LogP contribution in [0.5, 0.6) is 0 Å². The van der Waals surface area contributed by atoms with E-state index in [1.807, 2.05) is 30.3 Å². The van der Waals surface area contributed by atoms with Gasteiger partial charge in [-0.15, -0.1) is 0 Å². The van der Waals surface area contributed by atoms with Crippen molar-refractivity contribution in [3.63, 3.8) is 0 Å². The molecule has 1 aliphatic rings. The highest BCUT2D eigenvalue weighted by Gasteiger charge is 2.27. The maximum absolute atomic E-state index is 11.7. The first-order valence-corrected chi connectivity index (χ1v) is 5.78. The molecule has 1 heterocycles. The van der Waals surface area contributed by atoms with Gasteiger partial charge in [0.15, 0.2) is 5.78 Å². The molecule has 1 saturated heterocycles. The van der Waals surface area contributed by atoms with E-state index in [1.165, 1.54) is 0 Å². The van der Waals surface area contributed by atoms with E-state index in [9.17, 15) is 14.4 Å². The number of hydrogen-bond acceptors (Lipinski definition) is 3. The summed E-state index contributed by atoms with van der Waals surface area (Å²) in [5.41, 5.74) is 0.873. The number of hydrogen-bond donors (Lipinski definition) is 2. The third-order valence-electron chi connectivity index (χ3n) is 2.75. The van der Waals surface area contributed by atoms with Crippen LogP contribution in [0.3, 0.4) is 0 Å². The molecular weight excluding hydrogens is 232 g/mol. The zero-order chi connectivity index (χ0) is 13.0. The highest BCUT2D eigenvalue weighted by Crippen LogP contribution is 2.03. The van der Waals surface area contributed by atoms with Gasteiger partial charge < -0.3 is 10.6 Å². The maximum Gasteiger partial charge on any atom is 0.243 e. The van der Waals surface area contributed by atoms with Crippen molar-refractivity contribution in [2.24, 2.45) is 0 Å². The lowest BCUT2D eigenvalue weighted by Gasteiger charge is -2.21. The summed E-state index contributed by atoms with van der Waals surface area (Å²) >= 11 is 0. The van der Waals surface area contributed by atoms with Crippen molar-refractivity contribution in [1.29, 1.82) is 0 Å². The molecule has 18 heavy (non-hydrogen) atoms. The normalized spacial score (nSPS) is 19.2. The molecule has 5 nitrogen and oxygen atoms in total. The fourth-order valence-electron chi connectivity index (χ4n) is 1.84. The Hall–Kier alpha value is -2.17. The van der Waals surface area contributed by atoms with Crippen LogP contribution >= 0.6 is 0 Å². The van der Waals surface area contributed by atoms with Crippen LogP contribution < -0.4 is 10.6 Å². The van der Waals surface area contributed by atoms with Crippen LogP contribution in [0.2, 0.25) is 0 Å². The Bertz CT molecular complexity index is 470. The van der Waals surface area contributed by atoms with E-state index in [0.29, 0.717) is 0 Å². The van der Waals surface area contributed by atoms with Gasteiger partial charge in [-0.1, -0.05) is 30.3 Å². The van der Waals surface area contributed by atoms with Gasteiger partial charge in [0.25, 0.3) is 0 Å². The lowest BCUT2D eigenvalue weighted by Crippen LogP contribution is -2.53. The predicted octanol–water partition coefficient (Wildman–Crippen LogP) is -0.197. The van der Waals surface area contributed by atoms with Gasteiger partial charge in [0, 0.05) is 6.42 Å². The number of nitrogens with one attached hydrogen (secondary N) is 2. The SMILES string of the molecule is O=C1CNC(=O)C(NC(=O)Cc2ccccc2)C1. The number of Topliss-reactive ketones (excluding diaryl/α,β-unsaturated/α-hetero) is 1. The number of piperidine rings is 1. The highest BCUT2D eigenvalue weighted by molar-refractivity contribution is 5.98. The number of carbonyl (C=O) groups excluding carboxylic acids is 3. The van der Waals surface area contributed by atoms with E-state index in [-0.39, 0.29) is 37.0 Å². The minimum absolute atomic E-state index is 0.0594. The molecule has 1 atom stereocenters. The maximum atomic E-state index is 11.7. The van der Waals surface area contributed by atoms with Gasteiger partial charge >= 0.3 is 0 Å². The van der Waals surface area contributed by atoms with Crippen molar-refractivity contribution in [1.82, 2.24) is 10.6 Å². The Kier molecular flexibility index (Phi) is 3.72. The average Bonchev–Trinajstić information content (AvgIpc) is 2.35. The van der Waals surface area contributed by atoms with Crippen LogP contribution in [-0.2, 0) is 20.8 Å². The van der Waals surface area contributed by atoms with E-state index >= 15 is 0 Å². The van der Waals surface area contributed by atoms with Crippen LogP contribution in [0.25, 0.3) is 0 Å². The van der Waals surface area contributed by atoms with E-state index in [0.717, 1.165) is 5.56 Å². The summed E-state index contributed by atoms with van der Waals surface area (Å²) in [6.07, 6.45) is 0.283. The van der Waals surface area contributed by atoms with Crippen LogP contribution in [0, 0.1) is 0 Å². The second kappa shape index (κ2) is 5.44. The summed E-state index contributed by atoms with van der Waals surface area (Å²) < 4.78 is 0. The first-order chi connectivity index (χ1) is 8.65. The molecule has 2 N–H and O–H groups in total. The van der Waals surface area contributed by atoms with Gasteiger partial charge in [0.05, 0.1) is 13.0 Å². The fraction of sp³-hybridized carbons (Fsp3) is 0.308. The molecule has 94 valence electrons. The molecule has 0 spiro atoms. The molecule has 1 aliphatic heterocycles. The Morgan fingerprint density at radius 3 is 2.72 bits per heavy atom. The molecule has 5 heteroatoms. The number of rotatable bonds is 3. The molecule has 0 aliphatic carbocycles. The van der Waals surface area contributed by atoms with Gasteiger partial charge in [0.1, 0.15) is 6.04 Å². The van der Waals surface area contributed by atoms with Crippen molar-refractivity contribution < 1.29 is 14.4 Å². The molecule has 2 amide bonds. The highest BCUT2D eigenvalue weighted by atomic mass is 16.2. The van der Waals surface area contributed by atoms with E-state index in [2.05, 4.69) is 10.6 Å². The molecule has 0 saturated carbocycles. The lowest BCUT2D eigenvalue weighted by molar-refractivity contribution is -0.134. The molecule has 1 aromatic carbocycles. The van der Waals surface area contributed by atoms with Gasteiger partial charge in [-0.2, -0.15) is 0 Å². The van der Waals surface area contributed by atoms with Crippen molar-refractivity contribution in [2.75, 3.05) is 6.54 Å². The third kappa shape index (κ3) is 3.16. The number of benzene rings is 1. The van der Waals surface area contributed by atoms with Crippen molar-refractivity contribution in [3.05, 3.63) is 35.9 Å². The van der Waals surface area contributed by atoms with E-state index < -0.39 is 6.04 Å². The minimum Gasteiger partial charge on any atom is -0.347 e. The number of amides is 2. The Labute approximate surface area is 105 Å². The summed E-state index contributed by atoms with van der Waals surface area (Å²) in [5, 5.41) is 5.02. The second-order valence-corrected chi connectivity index (χ2v) is 4.24. The van der Waals surface area contributed by atoms with Crippen molar-refractivity contribution in [3.8, 4) is 0 Å². The van der Waals surface area contributed by atoms with Gasteiger partial charge in [0.2, 0.25) is 11.8 Å². The summed E-state index contributed by atoms with van der Waals surface area (Å²) in [7, 11) is 0. The average molecular weight is 246 g/mol. The van der Waals surface area contributed by atoms with Gasteiger partial charge in [-0.05, 0) is 5.56 Å². The van der Waals surface area contributed by atoms with Crippen molar-refractivity contribution >= 4 is 17.6 Å². The second-order valence-electron chi connectivity index (χ2n) is 4.24. The monoisotopic (exact) mass is 246 g/mol. The van der Waals surface area contributed by atoms with Crippen LogP contribution in [-0.4, -0.2) is 30.2 Å². The predicted molar refractivity (Wildman–Crippen MR) is 64.7 cm³/mol. The van der Waals surface area contributed by atoms with E-state index in [4.69, 9.17) is 0 Å². The molecule has 0 radical (unpaired) electrons. The molecule has 0 aromatic heterocycles. The smallest absolute Gasteiger partial charge is 0.243 e. The van der Waals surface area contributed by atoms with Crippen LogP contribution in [0.4, 0.5) is 0 Å². The lowest BCUT2D eigenvalue weighted by atomic mass is 10.0. The van der Waals surface area contributed by atoms with Gasteiger partial charge in [-0.25, -0.2) is 0 Å². The summed E-state index contributed by atoms with van der Waals surface area (Å²) in [6, 6.07) is 8.51. The first kappa shape index (κ1) is 12.3. The van der Waals surface area contributed by atoms with Crippen LogP contribution in [0.1, 0.15) is 12.0 Å². The zero-order valence-corrected chi connectivity index (χ0v) is 9.81. The fourth-order valence-corrected chi connectivity index (χ4v) is 1.84. The summed E-state index contributed by atoms with van der Waals surface area (Å²) in [4.78, 5) is 34.4. The largest absolute Gasteiger partial charge is 0.347 e. The Morgan fingerprint density at radius 1 is 1.28 bits per heavy atom. The summed E-state index contributed by atoms with van der Waals surface area (Å²) in [5.74, 6) is -0.619. The van der Waals surface area contributed by atoms with Gasteiger partial charge in [-0.3, -0.25) is 14.4 Å². The zero-order valence-electron chi connectivity index (χ0n) is 9.81. The van der Waals surface area contributed by atoms with Crippen molar-refractivity contribution in [2.45, 2.75) is 18.9 Å². The molecular formula is C13H14N2O3. The molecule has 1 unspecified atom stereocenters. The minimum atomic E-state index is -0.734. The topological polar surface area (TPSA) is 75.3 Å². The third-order valence-corrected chi connectivity index (χ3v) is 2.75. The first-order valence-electron chi connectivity index (χ1n) is 5.78. The molecule has 2 rings (SSSR count). The standard InChI is InChI=1S/C13H14N2O3/c16-10-7-11(13(18)14-8-10)15-12(17)6-9-4-2-1-3-5-9/h1-5,11H,6-8H2,(H,14,18)(H,15,17). The molecule has 1 aromatic rings. The quantitative estimate of drug-likeness (QED) is 0.775.